The molecule has 0 saturated carbocycles. The van der Waals surface area contributed by atoms with Crippen LogP contribution >= 0.6 is 0 Å². The Morgan fingerprint density at radius 2 is 1.69 bits per heavy atom. The van der Waals surface area contributed by atoms with E-state index in [2.05, 4.69) is 19.2 Å². The highest BCUT2D eigenvalue weighted by molar-refractivity contribution is 5.80. The Morgan fingerprint density at radius 3 is 2.23 bits per heavy atom. The van der Waals surface area contributed by atoms with Crippen molar-refractivity contribution in [1.29, 1.82) is 0 Å². The Bertz CT molecular complexity index is 888. The topological polar surface area (TPSA) is 140 Å². The van der Waals surface area contributed by atoms with Crippen LogP contribution < -0.4 is 20.5 Å². The number of rotatable bonds is 19. The number of ether oxygens (including phenoxy) is 3. The van der Waals surface area contributed by atoms with Crippen LogP contribution in [-0.2, 0) is 20.7 Å². The summed E-state index contributed by atoms with van der Waals surface area (Å²) < 4.78 is 16.5. The molecule has 1 aromatic rings. The molecule has 0 saturated heterocycles. The summed E-state index contributed by atoms with van der Waals surface area (Å²) in [5, 5.41) is 23.1. The standard InChI is InChI=1S/C30H52N2O7/c1-19(2)22(14-21-10-11-26(38-8)27(15-21)39-13-9-12-37-7)16-24(31)25(33)17-23(20(3)4)28(34)32-18-30(5,6)29(35)36/h10-11,15,19-20,22-25,33H,9,12-14,16-18,31H2,1-8H3,(H,32,34)(H,35,36)/t22-,23-,24-,25-/m0/s1. The number of carboxylic acids is 1. The number of hydrogen-bond donors (Lipinski definition) is 4. The highest BCUT2D eigenvalue weighted by Gasteiger charge is 2.32. The Kier molecular flexibility index (Phi) is 14.8. The first kappa shape index (κ1) is 34.7. The number of aliphatic carboxylic acids is 1. The summed E-state index contributed by atoms with van der Waals surface area (Å²) in [5.74, 6) is 0.124. The van der Waals surface area contributed by atoms with Crippen molar-refractivity contribution in [2.24, 2.45) is 34.8 Å². The fraction of sp³-hybridized carbons (Fsp3) is 0.733. The number of methoxy groups -OCH3 is 2. The summed E-state index contributed by atoms with van der Waals surface area (Å²) in [7, 11) is 3.28. The van der Waals surface area contributed by atoms with Crippen LogP contribution in [0.1, 0.15) is 66.4 Å². The number of nitrogens with one attached hydrogen (secondary N) is 1. The van der Waals surface area contributed by atoms with Gasteiger partial charge in [-0.25, -0.2) is 0 Å². The highest BCUT2D eigenvalue weighted by atomic mass is 16.5. The molecule has 0 aromatic heterocycles. The number of amides is 1. The van der Waals surface area contributed by atoms with E-state index in [0.29, 0.717) is 37.1 Å². The molecule has 0 spiro atoms. The van der Waals surface area contributed by atoms with Gasteiger partial charge in [-0.3, -0.25) is 9.59 Å². The van der Waals surface area contributed by atoms with Gasteiger partial charge < -0.3 is 35.5 Å². The zero-order valence-corrected chi connectivity index (χ0v) is 25.2. The monoisotopic (exact) mass is 552 g/mol. The molecule has 224 valence electrons. The van der Waals surface area contributed by atoms with Crippen LogP contribution in [0.15, 0.2) is 18.2 Å². The minimum atomic E-state index is -1.08. The molecule has 0 bridgehead atoms. The van der Waals surface area contributed by atoms with Crippen molar-refractivity contribution in [3.05, 3.63) is 23.8 Å². The molecular formula is C30H52N2O7. The average molecular weight is 553 g/mol. The summed E-state index contributed by atoms with van der Waals surface area (Å²) in [6.07, 6.45) is 1.47. The molecule has 1 rings (SSSR count). The fourth-order valence-electron chi connectivity index (χ4n) is 4.38. The van der Waals surface area contributed by atoms with Gasteiger partial charge in [0.25, 0.3) is 0 Å². The van der Waals surface area contributed by atoms with Crippen molar-refractivity contribution in [3.63, 3.8) is 0 Å². The lowest BCUT2D eigenvalue weighted by atomic mass is 9.80. The zero-order valence-electron chi connectivity index (χ0n) is 25.2. The van der Waals surface area contributed by atoms with Gasteiger partial charge in [-0.15, -0.1) is 0 Å². The van der Waals surface area contributed by atoms with Crippen LogP contribution in [0.4, 0.5) is 0 Å². The van der Waals surface area contributed by atoms with Crippen molar-refractivity contribution < 1.29 is 34.0 Å². The van der Waals surface area contributed by atoms with Crippen molar-refractivity contribution in [2.45, 2.75) is 79.4 Å². The molecule has 4 atom stereocenters. The van der Waals surface area contributed by atoms with Gasteiger partial charge in [0.2, 0.25) is 5.91 Å². The summed E-state index contributed by atoms with van der Waals surface area (Å²) in [6, 6.07) is 5.42. The first-order valence-electron chi connectivity index (χ1n) is 14.0. The molecule has 0 aliphatic carbocycles. The molecule has 0 heterocycles. The van der Waals surface area contributed by atoms with Crippen molar-refractivity contribution in [3.8, 4) is 11.5 Å². The SMILES string of the molecule is COCCCOc1cc(C[C@@H](C[C@H](N)[C@@H](O)C[C@H](C(=O)NCC(C)(C)C(=O)O)C(C)C)C(C)C)ccc1OC. The van der Waals surface area contributed by atoms with Gasteiger partial charge in [0.05, 0.1) is 25.2 Å². The van der Waals surface area contributed by atoms with Crippen LogP contribution in [0.25, 0.3) is 0 Å². The second-order valence-corrected chi connectivity index (χ2v) is 11.8. The van der Waals surface area contributed by atoms with Crippen molar-refractivity contribution in [1.82, 2.24) is 5.32 Å². The maximum absolute atomic E-state index is 12.9. The van der Waals surface area contributed by atoms with Gasteiger partial charge >= 0.3 is 5.97 Å². The second kappa shape index (κ2) is 16.7. The quantitative estimate of drug-likeness (QED) is 0.190. The van der Waals surface area contributed by atoms with Gasteiger partial charge in [0.15, 0.2) is 11.5 Å². The van der Waals surface area contributed by atoms with Crippen LogP contribution in [-0.4, -0.2) is 68.2 Å². The van der Waals surface area contributed by atoms with Crippen LogP contribution in [0.2, 0.25) is 0 Å². The van der Waals surface area contributed by atoms with E-state index in [-0.39, 0.29) is 30.7 Å². The number of benzene rings is 1. The zero-order chi connectivity index (χ0) is 29.8. The molecule has 0 unspecified atom stereocenters. The van der Waals surface area contributed by atoms with Gasteiger partial charge in [-0.05, 0) is 68.6 Å². The smallest absolute Gasteiger partial charge is 0.310 e. The minimum absolute atomic E-state index is 0.0158. The van der Waals surface area contributed by atoms with E-state index < -0.39 is 29.4 Å². The Hall–Kier alpha value is -2.36. The maximum Gasteiger partial charge on any atom is 0.310 e. The van der Waals surface area contributed by atoms with Crippen molar-refractivity contribution >= 4 is 11.9 Å². The third kappa shape index (κ3) is 11.7. The predicted octanol–water partition coefficient (Wildman–Crippen LogP) is 3.89. The van der Waals surface area contributed by atoms with Gasteiger partial charge in [-0.2, -0.15) is 0 Å². The first-order valence-corrected chi connectivity index (χ1v) is 14.0. The lowest BCUT2D eigenvalue weighted by molar-refractivity contribution is -0.147. The molecular weight excluding hydrogens is 500 g/mol. The van der Waals surface area contributed by atoms with E-state index in [1.165, 1.54) is 0 Å². The van der Waals surface area contributed by atoms with Crippen molar-refractivity contribution in [2.75, 3.05) is 34.0 Å². The van der Waals surface area contributed by atoms with E-state index in [1.807, 2.05) is 32.0 Å². The predicted molar refractivity (Wildman–Crippen MR) is 153 cm³/mol. The number of nitrogens with two attached hydrogens (primary N) is 1. The summed E-state index contributed by atoms with van der Waals surface area (Å²) >= 11 is 0. The molecule has 1 amide bonds. The lowest BCUT2D eigenvalue weighted by Gasteiger charge is -2.30. The Balaban J connectivity index is 2.87. The molecule has 39 heavy (non-hydrogen) atoms. The Labute approximate surface area is 234 Å². The molecule has 9 heteroatoms. The van der Waals surface area contributed by atoms with E-state index in [0.717, 1.165) is 18.4 Å². The maximum atomic E-state index is 12.9. The molecule has 0 radical (unpaired) electrons. The number of aliphatic hydroxyl groups is 1. The molecule has 0 aliphatic heterocycles. The third-order valence-electron chi connectivity index (χ3n) is 7.41. The number of carboxylic acid groups (broad SMARTS) is 1. The van der Waals surface area contributed by atoms with Crippen LogP contribution in [0.5, 0.6) is 11.5 Å². The molecule has 0 aliphatic rings. The van der Waals surface area contributed by atoms with Crippen LogP contribution in [0, 0.1) is 29.1 Å². The van der Waals surface area contributed by atoms with E-state index >= 15 is 0 Å². The van der Waals surface area contributed by atoms with E-state index in [4.69, 9.17) is 19.9 Å². The molecule has 0 fully saturated rings. The minimum Gasteiger partial charge on any atom is -0.493 e. The van der Waals surface area contributed by atoms with Gasteiger partial charge in [0, 0.05) is 38.6 Å². The third-order valence-corrected chi connectivity index (χ3v) is 7.41. The number of aliphatic hydroxyl groups excluding tert-OH is 1. The largest absolute Gasteiger partial charge is 0.493 e. The van der Waals surface area contributed by atoms with Gasteiger partial charge in [-0.1, -0.05) is 33.8 Å². The number of hydrogen-bond acceptors (Lipinski definition) is 7. The Morgan fingerprint density at radius 1 is 1.03 bits per heavy atom. The lowest BCUT2D eigenvalue weighted by Crippen LogP contribution is -2.45. The van der Waals surface area contributed by atoms with E-state index in [1.54, 1.807) is 28.1 Å². The van der Waals surface area contributed by atoms with Gasteiger partial charge in [0.1, 0.15) is 0 Å². The van der Waals surface area contributed by atoms with Crippen LogP contribution in [0.3, 0.4) is 0 Å². The fourth-order valence-corrected chi connectivity index (χ4v) is 4.38. The second-order valence-electron chi connectivity index (χ2n) is 11.8. The van der Waals surface area contributed by atoms with E-state index in [9.17, 15) is 19.8 Å². The summed E-state index contributed by atoms with van der Waals surface area (Å²) in [5.41, 5.74) is 6.51. The molecule has 9 nitrogen and oxygen atoms in total. The summed E-state index contributed by atoms with van der Waals surface area (Å²) in [6.45, 7) is 12.4. The summed E-state index contributed by atoms with van der Waals surface area (Å²) in [4.78, 5) is 24.3. The highest BCUT2D eigenvalue weighted by Crippen LogP contribution is 2.32. The molecule has 5 N–H and O–H groups in total. The number of carbonyl (C=O) groups is 2. The average Bonchev–Trinajstić information content (AvgIpc) is 2.87. The normalized spacial score (nSPS) is 15.1. The molecule has 1 aromatic carbocycles. The number of carbonyl (C=O) groups excluding carboxylic acids is 1. The first-order chi connectivity index (χ1) is 18.2.